The molecule has 0 aromatic heterocycles. The van der Waals surface area contributed by atoms with Gasteiger partial charge in [0.1, 0.15) is 0 Å². The van der Waals surface area contributed by atoms with Crippen LogP contribution in [0.4, 0.5) is 11.4 Å². The average Bonchev–Trinajstić information content (AvgIpc) is 2.23. The van der Waals surface area contributed by atoms with Crippen molar-refractivity contribution in [1.29, 1.82) is 0 Å². The second-order valence-electron chi connectivity index (χ2n) is 3.38. The fourth-order valence-electron chi connectivity index (χ4n) is 1.24. The third kappa shape index (κ3) is 4.33. The Morgan fingerprint density at radius 3 is 2.94 bits per heavy atom. The SMILES string of the molecule is CSCCCC(=O)Nc1ccc(Cl)cc1N. The number of halogens is 1. The first kappa shape index (κ1) is 13.2. The van der Waals surface area contributed by atoms with Crippen LogP contribution in [0.2, 0.25) is 5.02 Å². The molecule has 0 aliphatic rings. The monoisotopic (exact) mass is 258 g/mol. The van der Waals surface area contributed by atoms with E-state index in [1.807, 2.05) is 6.26 Å². The van der Waals surface area contributed by atoms with Gasteiger partial charge in [-0.1, -0.05) is 11.6 Å². The zero-order valence-electron chi connectivity index (χ0n) is 9.13. The highest BCUT2D eigenvalue weighted by atomic mass is 35.5. The van der Waals surface area contributed by atoms with Gasteiger partial charge in [0.25, 0.3) is 0 Å². The summed E-state index contributed by atoms with van der Waals surface area (Å²) in [6.45, 7) is 0. The van der Waals surface area contributed by atoms with Crippen molar-refractivity contribution in [1.82, 2.24) is 0 Å². The van der Waals surface area contributed by atoms with Crippen LogP contribution in [0.15, 0.2) is 18.2 Å². The Bertz CT molecular complexity index is 371. The molecule has 3 N–H and O–H groups in total. The number of benzene rings is 1. The van der Waals surface area contributed by atoms with Gasteiger partial charge in [-0.05, 0) is 36.6 Å². The summed E-state index contributed by atoms with van der Waals surface area (Å²) in [6, 6.07) is 5.04. The van der Waals surface area contributed by atoms with Crippen LogP contribution in [0.5, 0.6) is 0 Å². The van der Waals surface area contributed by atoms with Crippen LogP contribution in [0.3, 0.4) is 0 Å². The predicted molar refractivity (Wildman–Crippen MR) is 72.1 cm³/mol. The average molecular weight is 259 g/mol. The van der Waals surface area contributed by atoms with Crippen LogP contribution in [-0.4, -0.2) is 17.9 Å². The highest BCUT2D eigenvalue weighted by Gasteiger charge is 2.05. The van der Waals surface area contributed by atoms with E-state index in [1.54, 1.807) is 30.0 Å². The lowest BCUT2D eigenvalue weighted by atomic mass is 10.2. The maximum absolute atomic E-state index is 11.5. The highest BCUT2D eigenvalue weighted by Crippen LogP contribution is 2.22. The van der Waals surface area contributed by atoms with Crippen molar-refractivity contribution in [3.8, 4) is 0 Å². The number of nitrogens with two attached hydrogens (primary N) is 1. The van der Waals surface area contributed by atoms with Crippen LogP contribution in [0.1, 0.15) is 12.8 Å². The Labute approximate surface area is 105 Å². The van der Waals surface area contributed by atoms with Crippen LogP contribution in [0.25, 0.3) is 0 Å². The number of hydrogen-bond acceptors (Lipinski definition) is 3. The van der Waals surface area contributed by atoms with E-state index < -0.39 is 0 Å². The van der Waals surface area contributed by atoms with Crippen LogP contribution in [-0.2, 0) is 4.79 Å². The number of amides is 1. The van der Waals surface area contributed by atoms with E-state index in [1.165, 1.54) is 0 Å². The minimum atomic E-state index is -0.0110. The third-order valence-electron chi connectivity index (χ3n) is 2.04. The molecule has 88 valence electrons. The Morgan fingerprint density at radius 1 is 1.56 bits per heavy atom. The minimum absolute atomic E-state index is 0.0110. The lowest BCUT2D eigenvalue weighted by Crippen LogP contribution is -2.12. The molecule has 16 heavy (non-hydrogen) atoms. The fourth-order valence-corrected chi connectivity index (χ4v) is 1.85. The van der Waals surface area contributed by atoms with Crippen molar-refractivity contribution in [2.24, 2.45) is 0 Å². The molecule has 0 aliphatic carbocycles. The highest BCUT2D eigenvalue weighted by molar-refractivity contribution is 7.98. The van der Waals surface area contributed by atoms with E-state index in [0.717, 1.165) is 12.2 Å². The smallest absolute Gasteiger partial charge is 0.224 e. The van der Waals surface area contributed by atoms with Gasteiger partial charge in [0, 0.05) is 11.4 Å². The lowest BCUT2D eigenvalue weighted by molar-refractivity contribution is -0.116. The molecule has 1 aromatic carbocycles. The number of hydrogen-bond donors (Lipinski definition) is 2. The first-order valence-corrected chi connectivity index (χ1v) is 6.74. The molecule has 0 radical (unpaired) electrons. The van der Waals surface area contributed by atoms with Gasteiger partial charge in [0.15, 0.2) is 0 Å². The predicted octanol–water partition coefficient (Wildman–Crippen LogP) is 3.00. The molecule has 0 bridgehead atoms. The third-order valence-corrected chi connectivity index (χ3v) is 2.97. The van der Waals surface area contributed by atoms with E-state index in [-0.39, 0.29) is 5.91 Å². The zero-order chi connectivity index (χ0) is 12.0. The molecule has 1 rings (SSSR count). The molecule has 5 heteroatoms. The number of nitrogen functional groups attached to an aromatic ring is 1. The van der Waals surface area contributed by atoms with Gasteiger partial charge in [0.2, 0.25) is 5.91 Å². The van der Waals surface area contributed by atoms with Gasteiger partial charge in [-0.3, -0.25) is 4.79 Å². The minimum Gasteiger partial charge on any atom is -0.397 e. The second-order valence-corrected chi connectivity index (χ2v) is 4.80. The molecule has 1 aromatic rings. The normalized spacial score (nSPS) is 10.1. The summed E-state index contributed by atoms with van der Waals surface area (Å²) in [5.74, 6) is 0.979. The van der Waals surface area contributed by atoms with E-state index in [0.29, 0.717) is 22.8 Å². The maximum Gasteiger partial charge on any atom is 0.224 e. The zero-order valence-corrected chi connectivity index (χ0v) is 10.7. The van der Waals surface area contributed by atoms with Gasteiger partial charge in [0.05, 0.1) is 11.4 Å². The second kappa shape index (κ2) is 6.66. The molecule has 0 heterocycles. The summed E-state index contributed by atoms with van der Waals surface area (Å²) >= 11 is 7.49. The van der Waals surface area contributed by atoms with E-state index in [2.05, 4.69) is 5.32 Å². The first-order chi connectivity index (χ1) is 7.63. The Balaban J connectivity index is 2.49. The molecule has 0 unspecified atom stereocenters. The number of rotatable bonds is 5. The van der Waals surface area contributed by atoms with Gasteiger partial charge in [-0.2, -0.15) is 11.8 Å². The summed E-state index contributed by atoms with van der Waals surface area (Å²) in [5, 5.41) is 3.33. The van der Waals surface area contributed by atoms with Crippen molar-refractivity contribution >= 4 is 40.6 Å². The fraction of sp³-hybridized carbons (Fsp3) is 0.364. The summed E-state index contributed by atoms with van der Waals surface area (Å²) in [5.41, 5.74) is 6.84. The Morgan fingerprint density at radius 2 is 2.31 bits per heavy atom. The van der Waals surface area contributed by atoms with Gasteiger partial charge >= 0.3 is 0 Å². The molecule has 0 fully saturated rings. The molecule has 0 saturated heterocycles. The Hall–Kier alpha value is -0.870. The summed E-state index contributed by atoms with van der Waals surface area (Å²) in [7, 11) is 0. The van der Waals surface area contributed by atoms with Crippen LogP contribution in [0, 0.1) is 0 Å². The van der Waals surface area contributed by atoms with Crippen molar-refractivity contribution in [3.63, 3.8) is 0 Å². The topological polar surface area (TPSA) is 55.1 Å². The summed E-state index contributed by atoms with van der Waals surface area (Å²) in [4.78, 5) is 11.5. The molecule has 0 spiro atoms. The summed E-state index contributed by atoms with van der Waals surface area (Å²) in [6.07, 6.45) is 3.42. The molecular formula is C11H15ClN2OS. The van der Waals surface area contributed by atoms with Crippen LogP contribution < -0.4 is 11.1 Å². The first-order valence-electron chi connectivity index (χ1n) is 4.97. The van der Waals surface area contributed by atoms with E-state index >= 15 is 0 Å². The molecular weight excluding hydrogens is 244 g/mol. The van der Waals surface area contributed by atoms with Crippen molar-refractivity contribution in [3.05, 3.63) is 23.2 Å². The number of carbonyl (C=O) groups is 1. The van der Waals surface area contributed by atoms with Crippen molar-refractivity contribution < 1.29 is 4.79 Å². The standard InChI is InChI=1S/C11H15ClN2OS/c1-16-6-2-3-11(15)14-10-5-4-8(12)7-9(10)13/h4-5,7H,2-3,6,13H2,1H3,(H,14,15). The number of thioether (sulfide) groups is 1. The molecule has 0 atom stereocenters. The Kier molecular flexibility index (Phi) is 5.49. The molecule has 1 amide bonds. The molecule has 0 saturated carbocycles. The van der Waals surface area contributed by atoms with Gasteiger partial charge in [-0.15, -0.1) is 0 Å². The quantitative estimate of drug-likeness (QED) is 0.631. The summed E-state index contributed by atoms with van der Waals surface area (Å²) < 4.78 is 0. The largest absolute Gasteiger partial charge is 0.397 e. The van der Waals surface area contributed by atoms with E-state index in [4.69, 9.17) is 17.3 Å². The van der Waals surface area contributed by atoms with Gasteiger partial charge < -0.3 is 11.1 Å². The maximum atomic E-state index is 11.5. The van der Waals surface area contributed by atoms with E-state index in [9.17, 15) is 4.79 Å². The molecule has 0 aliphatic heterocycles. The van der Waals surface area contributed by atoms with Crippen molar-refractivity contribution in [2.75, 3.05) is 23.1 Å². The van der Waals surface area contributed by atoms with Gasteiger partial charge in [-0.25, -0.2) is 0 Å². The number of nitrogens with one attached hydrogen (secondary N) is 1. The number of carbonyl (C=O) groups excluding carboxylic acids is 1. The lowest BCUT2D eigenvalue weighted by Gasteiger charge is -2.08. The van der Waals surface area contributed by atoms with Crippen LogP contribution >= 0.6 is 23.4 Å². The number of anilines is 2. The van der Waals surface area contributed by atoms with Crippen molar-refractivity contribution in [2.45, 2.75) is 12.8 Å². The molecule has 3 nitrogen and oxygen atoms in total.